The van der Waals surface area contributed by atoms with E-state index in [4.69, 9.17) is 10.00 Å². The molecule has 1 rings (SSSR count). The van der Waals surface area contributed by atoms with Crippen LogP contribution >= 0.6 is 0 Å². The van der Waals surface area contributed by atoms with Crippen LogP contribution in [-0.2, 0) is 9.53 Å². The van der Waals surface area contributed by atoms with Gasteiger partial charge in [-0.05, 0) is 12.8 Å². The fourth-order valence-electron chi connectivity index (χ4n) is 1.39. The summed E-state index contributed by atoms with van der Waals surface area (Å²) in [6.07, 6.45) is 2.31. The van der Waals surface area contributed by atoms with Gasteiger partial charge in [0, 0.05) is 12.1 Å². The van der Waals surface area contributed by atoms with Crippen molar-refractivity contribution in [1.29, 1.82) is 5.26 Å². The molecule has 1 N–H and O–H groups in total. The molecule has 0 aromatic carbocycles. The van der Waals surface area contributed by atoms with Crippen LogP contribution in [0.1, 0.15) is 31.1 Å². The Morgan fingerprint density at radius 1 is 1.48 bits per heavy atom. The number of rotatable bonds is 5. The summed E-state index contributed by atoms with van der Waals surface area (Å²) in [5, 5.41) is 22.4. The molecule has 0 aliphatic carbocycles. The van der Waals surface area contributed by atoms with Gasteiger partial charge in [-0.25, -0.2) is 4.79 Å². The number of amides is 1. The van der Waals surface area contributed by atoms with E-state index in [-0.39, 0.29) is 11.5 Å². The van der Waals surface area contributed by atoms with Gasteiger partial charge in [-0.1, -0.05) is 13.8 Å². The molecule has 112 valence electrons. The monoisotopic (exact) mass is 291 g/mol. The molecule has 1 heterocycles. The predicted octanol–water partition coefficient (Wildman–Crippen LogP) is 0.531. The largest absolute Gasteiger partial charge is 0.619 e. The predicted molar refractivity (Wildman–Crippen MR) is 72.7 cm³/mol. The van der Waals surface area contributed by atoms with Crippen LogP contribution in [0.3, 0.4) is 0 Å². The molecule has 21 heavy (non-hydrogen) atoms. The molecule has 7 heteroatoms. The van der Waals surface area contributed by atoms with Crippen LogP contribution in [0.4, 0.5) is 0 Å². The number of aromatic nitrogens is 1. The molecule has 1 atom stereocenters. The van der Waals surface area contributed by atoms with E-state index in [0.717, 1.165) is 12.4 Å². The standard InChI is InChI=1S/C14H17N3O4/c1-10(2)14(3,9-15)16-12(18)8-21-13(19)11-4-6-17(20)7-5-11/h4-7,10H,8H2,1-3H3,(H,16,18)/t14-/m0/s1. The highest BCUT2D eigenvalue weighted by molar-refractivity contribution is 5.91. The molecular weight excluding hydrogens is 274 g/mol. The van der Waals surface area contributed by atoms with Gasteiger partial charge >= 0.3 is 5.97 Å². The number of carbonyl (C=O) groups is 2. The van der Waals surface area contributed by atoms with Gasteiger partial charge in [-0.15, -0.1) is 0 Å². The zero-order valence-corrected chi connectivity index (χ0v) is 12.1. The first-order chi connectivity index (χ1) is 9.78. The van der Waals surface area contributed by atoms with Crippen LogP contribution in [0.15, 0.2) is 24.5 Å². The third-order valence-electron chi connectivity index (χ3n) is 3.16. The zero-order valence-electron chi connectivity index (χ0n) is 12.1. The van der Waals surface area contributed by atoms with Crippen LogP contribution in [0.2, 0.25) is 0 Å². The highest BCUT2D eigenvalue weighted by Crippen LogP contribution is 2.14. The molecule has 0 bridgehead atoms. The van der Waals surface area contributed by atoms with Crippen LogP contribution in [0.25, 0.3) is 0 Å². The van der Waals surface area contributed by atoms with Crippen molar-refractivity contribution in [2.75, 3.05) is 6.61 Å². The molecule has 1 aromatic heterocycles. The summed E-state index contributed by atoms with van der Waals surface area (Å²) in [5.74, 6) is -1.37. The Morgan fingerprint density at radius 2 is 2.05 bits per heavy atom. The second kappa shape index (κ2) is 6.70. The van der Waals surface area contributed by atoms with E-state index in [1.165, 1.54) is 12.1 Å². The Balaban J connectivity index is 2.55. The van der Waals surface area contributed by atoms with Gasteiger partial charge in [0.15, 0.2) is 19.0 Å². The fourth-order valence-corrected chi connectivity index (χ4v) is 1.39. The fraction of sp³-hybridized carbons (Fsp3) is 0.429. The third kappa shape index (κ3) is 4.45. The van der Waals surface area contributed by atoms with Crippen LogP contribution in [0, 0.1) is 22.5 Å². The third-order valence-corrected chi connectivity index (χ3v) is 3.16. The summed E-state index contributed by atoms with van der Waals surface area (Å²) in [6, 6.07) is 4.61. The molecule has 0 spiro atoms. The first-order valence-corrected chi connectivity index (χ1v) is 6.36. The number of hydrogen-bond donors (Lipinski definition) is 1. The highest BCUT2D eigenvalue weighted by Gasteiger charge is 2.30. The summed E-state index contributed by atoms with van der Waals surface area (Å²) in [6.45, 7) is 4.71. The molecule has 1 aromatic rings. The smallest absolute Gasteiger partial charge is 0.339 e. The number of nitrogens with one attached hydrogen (secondary N) is 1. The number of pyridine rings is 1. The van der Waals surface area contributed by atoms with E-state index in [1.807, 2.05) is 6.07 Å². The Labute approximate surface area is 122 Å². The molecule has 7 nitrogen and oxygen atoms in total. The lowest BCUT2D eigenvalue weighted by Gasteiger charge is -2.27. The molecular formula is C14H17N3O4. The van der Waals surface area contributed by atoms with Crippen LogP contribution < -0.4 is 10.0 Å². The maximum absolute atomic E-state index is 11.7. The van der Waals surface area contributed by atoms with Gasteiger partial charge in [0.25, 0.3) is 5.91 Å². The van der Waals surface area contributed by atoms with E-state index in [2.05, 4.69) is 5.32 Å². The van der Waals surface area contributed by atoms with Crippen LogP contribution in [-0.4, -0.2) is 24.0 Å². The number of nitrogens with zero attached hydrogens (tertiary/aromatic N) is 2. The highest BCUT2D eigenvalue weighted by atomic mass is 16.5. The van der Waals surface area contributed by atoms with Crippen molar-refractivity contribution < 1.29 is 19.1 Å². The summed E-state index contributed by atoms with van der Waals surface area (Å²) < 4.78 is 5.36. The summed E-state index contributed by atoms with van der Waals surface area (Å²) >= 11 is 0. The van der Waals surface area contributed by atoms with Crippen molar-refractivity contribution in [3.05, 3.63) is 35.3 Å². The van der Waals surface area contributed by atoms with Crippen LogP contribution in [0.5, 0.6) is 0 Å². The molecule has 0 aliphatic heterocycles. The topological polar surface area (TPSA) is 106 Å². The lowest BCUT2D eigenvalue weighted by Crippen LogP contribution is -2.50. The van der Waals surface area contributed by atoms with Crippen molar-refractivity contribution in [2.24, 2.45) is 5.92 Å². The molecule has 1 amide bonds. The van der Waals surface area contributed by atoms with Crippen molar-refractivity contribution in [3.63, 3.8) is 0 Å². The molecule has 0 aliphatic rings. The minimum absolute atomic E-state index is 0.0937. The summed E-state index contributed by atoms with van der Waals surface area (Å²) in [4.78, 5) is 23.4. The van der Waals surface area contributed by atoms with Gasteiger partial charge in [-0.2, -0.15) is 9.99 Å². The zero-order chi connectivity index (χ0) is 16.0. The molecule has 0 saturated heterocycles. The molecule has 0 fully saturated rings. The second-order valence-electron chi connectivity index (χ2n) is 5.04. The first kappa shape index (κ1) is 16.4. The van der Waals surface area contributed by atoms with E-state index >= 15 is 0 Å². The van der Waals surface area contributed by atoms with Crippen molar-refractivity contribution in [3.8, 4) is 6.07 Å². The summed E-state index contributed by atoms with van der Waals surface area (Å²) in [5.41, 5.74) is -0.855. The van der Waals surface area contributed by atoms with Crippen molar-refractivity contribution in [1.82, 2.24) is 5.32 Å². The minimum Gasteiger partial charge on any atom is -0.619 e. The molecule has 0 saturated carbocycles. The number of carbonyl (C=O) groups excluding carboxylic acids is 2. The maximum atomic E-state index is 11.7. The van der Waals surface area contributed by atoms with Gasteiger partial charge in [0.2, 0.25) is 0 Å². The van der Waals surface area contributed by atoms with Gasteiger partial charge in [-0.3, -0.25) is 4.79 Å². The lowest BCUT2D eigenvalue weighted by atomic mass is 9.90. The van der Waals surface area contributed by atoms with Crippen molar-refractivity contribution in [2.45, 2.75) is 26.3 Å². The van der Waals surface area contributed by atoms with E-state index in [9.17, 15) is 14.8 Å². The number of ether oxygens (including phenoxy) is 1. The normalized spacial score (nSPS) is 13.1. The quantitative estimate of drug-likeness (QED) is 0.484. The van der Waals surface area contributed by atoms with Crippen molar-refractivity contribution >= 4 is 11.9 Å². The van der Waals surface area contributed by atoms with E-state index in [1.54, 1.807) is 20.8 Å². The Morgan fingerprint density at radius 3 is 2.52 bits per heavy atom. The SMILES string of the molecule is CC(C)[C@](C)(C#N)NC(=O)COC(=O)c1cc[n+]([O-])cc1. The average molecular weight is 291 g/mol. The average Bonchev–Trinajstić information content (AvgIpc) is 2.45. The van der Waals surface area contributed by atoms with Gasteiger partial charge in [0.1, 0.15) is 5.54 Å². The van der Waals surface area contributed by atoms with E-state index < -0.39 is 24.0 Å². The first-order valence-electron chi connectivity index (χ1n) is 6.36. The number of hydrogen-bond acceptors (Lipinski definition) is 5. The minimum atomic E-state index is -1.02. The Hall–Kier alpha value is -2.62. The summed E-state index contributed by atoms with van der Waals surface area (Å²) in [7, 11) is 0. The van der Waals surface area contributed by atoms with Gasteiger partial charge < -0.3 is 15.3 Å². The Bertz CT molecular complexity index is 563. The number of nitriles is 1. The second-order valence-corrected chi connectivity index (χ2v) is 5.04. The lowest BCUT2D eigenvalue weighted by molar-refractivity contribution is -0.605. The van der Waals surface area contributed by atoms with E-state index in [0.29, 0.717) is 4.73 Å². The molecule has 0 radical (unpaired) electrons. The molecule has 0 unspecified atom stereocenters. The number of esters is 1. The maximum Gasteiger partial charge on any atom is 0.339 e. The Kier molecular flexibility index (Phi) is 5.24. The van der Waals surface area contributed by atoms with Gasteiger partial charge in [0.05, 0.1) is 11.6 Å².